The highest BCUT2D eigenvalue weighted by atomic mass is 16.5. The van der Waals surface area contributed by atoms with Crippen molar-refractivity contribution in [3.05, 3.63) is 40.6 Å². The van der Waals surface area contributed by atoms with Crippen molar-refractivity contribution in [2.45, 2.75) is 20.4 Å². The predicted molar refractivity (Wildman–Crippen MR) is 97.4 cm³/mol. The summed E-state index contributed by atoms with van der Waals surface area (Å²) in [6, 6.07) is 7.61. The van der Waals surface area contributed by atoms with E-state index in [1.165, 1.54) is 0 Å². The van der Waals surface area contributed by atoms with Crippen LogP contribution in [0.25, 0.3) is 0 Å². The van der Waals surface area contributed by atoms with Gasteiger partial charge in [0.05, 0.1) is 20.8 Å². The second-order valence-corrected chi connectivity index (χ2v) is 6.00. The first-order valence-corrected chi connectivity index (χ1v) is 8.09. The Kier molecular flexibility index (Phi) is 6.26. The maximum absolute atomic E-state index is 12.3. The summed E-state index contributed by atoms with van der Waals surface area (Å²) in [7, 11) is 5.02. The molecule has 2 rings (SSSR count). The van der Waals surface area contributed by atoms with Crippen LogP contribution in [0.1, 0.15) is 22.5 Å². The fourth-order valence-corrected chi connectivity index (χ4v) is 2.59. The quantitative estimate of drug-likeness (QED) is 0.820. The van der Waals surface area contributed by atoms with Gasteiger partial charge in [0.15, 0.2) is 0 Å². The van der Waals surface area contributed by atoms with Crippen molar-refractivity contribution in [2.75, 3.05) is 33.1 Å². The molecule has 0 aliphatic heterocycles. The van der Waals surface area contributed by atoms with Gasteiger partial charge in [0.2, 0.25) is 11.8 Å². The molecular formula is C19H23N3O4. The number of carbonyl (C=O) groups excluding carboxylic acids is 1. The molecule has 138 valence electrons. The van der Waals surface area contributed by atoms with E-state index in [0.29, 0.717) is 29.4 Å². The zero-order valence-corrected chi connectivity index (χ0v) is 15.7. The molecule has 0 atom stereocenters. The number of rotatable bonds is 7. The summed E-state index contributed by atoms with van der Waals surface area (Å²) in [5.74, 6) is 1.96. The molecule has 1 heterocycles. The number of methoxy groups -OCH3 is 2. The number of nitrogens with one attached hydrogen (secondary N) is 1. The molecular weight excluding hydrogens is 334 g/mol. The summed E-state index contributed by atoms with van der Waals surface area (Å²) in [5, 5.41) is 11.9. The number of likely N-dealkylation sites (N-methyl/N-ethyl adjacent to an activating group) is 1. The number of nitriles is 1. The topological polar surface area (TPSA) is 87.7 Å². The third-order valence-electron chi connectivity index (χ3n) is 4.10. The summed E-state index contributed by atoms with van der Waals surface area (Å²) in [6.45, 7) is 4.20. The van der Waals surface area contributed by atoms with Gasteiger partial charge in [-0.25, -0.2) is 0 Å². The molecule has 0 aliphatic rings. The predicted octanol–water partition coefficient (Wildman–Crippen LogP) is 2.86. The zero-order valence-electron chi connectivity index (χ0n) is 15.7. The van der Waals surface area contributed by atoms with Gasteiger partial charge in [-0.15, -0.1) is 0 Å². The summed E-state index contributed by atoms with van der Waals surface area (Å²) in [4.78, 5) is 14.1. The summed E-state index contributed by atoms with van der Waals surface area (Å²) in [6.07, 6.45) is 0. The van der Waals surface area contributed by atoms with Gasteiger partial charge in [0.1, 0.15) is 28.9 Å². The molecule has 1 amide bonds. The molecule has 7 nitrogen and oxygen atoms in total. The Morgan fingerprint density at radius 2 is 2.04 bits per heavy atom. The summed E-state index contributed by atoms with van der Waals surface area (Å²) >= 11 is 0. The minimum Gasteiger partial charge on any atom is -0.497 e. The number of benzene rings is 1. The summed E-state index contributed by atoms with van der Waals surface area (Å²) in [5.41, 5.74) is 2.03. The molecule has 26 heavy (non-hydrogen) atoms. The van der Waals surface area contributed by atoms with Gasteiger partial charge >= 0.3 is 0 Å². The van der Waals surface area contributed by atoms with Gasteiger partial charge in [-0.05, 0) is 27.0 Å². The van der Waals surface area contributed by atoms with Crippen molar-refractivity contribution in [2.24, 2.45) is 0 Å². The highest BCUT2D eigenvalue weighted by Crippen LogP contribution is 2.26. The third kappa shape index (κ3) is 4.35. The van der Waals surface area contributed by atoms with Crippen molar-refractivity contribution in [3.63, 3.8) is 0 Å². The number of amides is 1. The molecule has 0 bridgehead atoms. The fraction of sp³-hybridized carbons (Fsp3) is 0.368. The average molecular weight is 357 g/mol. The van der Waals surface area contributed by atoms with E-state index in [1.807, 2.05) is 24.1 Å². The third-order valence-corrected chi connectivity index (χ3v) is 4.10. The van der Waals surface area contributed by atoms with Crippen molar-refractivity contribution in [3.8, 4) is 17.6 Å². The Bertz CT molecular complexity index is 836. The smallest absolute Gasteiger partial charge is 0.240 e. The maximum Gasteiger partial charge on any atom is 0.240 e. The second-order valence-electron chi connectivity index (χ2n) is 6.00. The van der Waals surface area contributed by atoms with E-state index in [0.717, 1.165) is 11.1 Å². The zero-order chi connectivity index (χ0) is 19.3. The molecule has 0 radical (unpaired) electrons. The summed E-state index contributed by atoms with van der Waals surface area (Å²) < 4.78 is 16.0. The van der Waals surface area contributed by atoms with E-state index >= 15 is 0 Å². The first kappa shape index (κ1) is 19.3. The van der Waals surface area contributed by atoms with Crippen LogP contribution in [0.2, 0.25) is 0 Å². The number of nitrogens with zero attached hydrogens (tertiary/aromatic N) is 2. The Hall–Kier alpha value is -2.98. The van der Waals surface area contributed by atoms with Crippen LogP contribution in [-0.2, 0) is 11.3 Å². The monoisotopic (exact) mass is 357 g/mol. The number of anilines is 1. The lowest BCUT2D eigenvalue weighted by molar-refractivity contribution is -0.117. The number of hydrogen-bond donors (Lipinski definition) is 1. The van der Waals surface area contributed by atoms with Crippen LogP contribution in [0.15, 0.2) is 22.6 Å². The van der Waals surface area contributed by atoms with Gasteiger partial charge in [-0.3, -0.25) is 15.0 Å². The SMILES string of the molecule is COc1ccc(CN(C)CC(=O)Nc2oc(C)c(C)c2C#N)c(OC)c1. The van der Waals surface area contributed by atoms with E-state index in [2.05, 4.69) is 11.4 Å². The van der Waals surface area contributed by atoms with Crippen molar-refractivity contribution >= 4 is 11.8 Å². The minimum absolute atomic E-state index is 0.138. The van der Waals surface area contributed by atoms with Gasteiger partial charge in [-0.2, -0.15) is 5.26 Å². The van der Waals surface area contributed by atoms with Crippen LogP contribution in [0, 0.1) is 25.2 Å². The van der Waals surface area contributed by atoms with Crippen LogP contribution < -0.4 is 14.8 Å². The Morgan fingerprint density at radius 1 is 1.31 bits per heavy atom. The normalized spacial score (nSPS) is 10.5. The van der Waals surface area contributed by atoms with E-state index in [1.54, 1.807) is 34.1 Å². The van der Waals surface area contributed by atoms with Gasteiger partial charge < -0.3 is 13.9 Å². The van der Waals surface area contributed by atoms with Crippen LogP contribution >= 0.6 is 0 Å². The lowest BCUT2D eigenvalue weighted by Gasteiger charge is -2.18. The maximum atomic E-state index is 12.3. The highest BCUT2D eigenvalue weighted by molar-refractivity contribution is 5.92. The van der Waals surface area contributed by atoms with Gasteiger partial charge in [0, 0.05) is 23.7 Å². The number of carbonyl (C=O) groups is 1. The standard InChI is InChI=1S/C19H23N3O4/c1-12-13(2)26-19(16(12)9-20)21-18(23)11-22(3)10-14-6-7-15(24-4)8-17(14)25-5/h6-8H,10-11H2,1-5H3,(H,21,23). The van der Waals surface area contributed by atoms with Crippen molar-refractivity contribution in [1.29, 1.82) is 5.26 Å². The lowest BCUT2D eigenvalue weighted by Crippen LogP contribution is -2.30. The first-order chi connectivity index (χ1) is 12.4. The van der Waals surface area contributed by atoms with Crippen molar-refractivity contribution in [1.82, 2.24) is 4.90 Å². The van der Waals surface area contributed by atoms with E-state index in [4.69, 9.17) is 13.9 Å². The van der Waals surface area contributed by atoms with E-state index in [-0.39, 0.29) is 18.3 Å². The largest absolute Gasteiger partial charge is 0.497 e. The number of aryl methyl sites for hydroxylation is 1. The molecule has 2 aromatic rings. The minimum atomic E-state index is -0.259. The van der Waals surface area contributed by atoms with Gasteiger partial charge in [-0.1, -0.05) is 6.07 Å². The van der Waals surface area contributed by atoms with Crippen LogP contribution in [0.4, 0.5) is 5.88 Å². The molecule has 1 aromatic carbocycles. The van der Waals surface area contributed by atoms with Gasteiger partial charge in [0.25, 0.3) is 0 Å². The fourth-order valence-electron chi connectivity index (χ4n) is 2.59. The molecule has 0 fully saturated rings. The van der Waals surface area contributed by atoms with E-state index < -0.39 is 0 Å². The van der Waals surface area contributed by atoms with E-state index in [9.17, 15) is 10.1 Å². The molecule has 0 saturated carbocycles. The second kappa shape index (κ2) is 8.41. The Morgan fingerprint density at radius 3 is 2.65 bits per heavy atom. The number of hydrogen-bond acceptors (Lipinski definition) is 6. The Balaban J connectivity index is 2.02. The average Bonchev–Trinajstić information content (AvgIpc) is 2.87. The molecule has 0 saturated heterocycles. The number of furan rings is 1. The molecule has 0 aliphatic carbocycles. The highest BCUT2D eigenvalue weighted by Gasteiger charge is 2.18. The molecule has 0 spiro atoms. The molecule has 1 N–H and O–H groups in total. The van der Waals surface area contributed by atoms with Crippen LogP contribution in [0.3, 0.4) is 0 Å². The van der Waals surface area contributed by atoms with Crippen LogP contribution in [0.5, 0.6) is 11.5 Å². The molecule has 1 aromatic heterocycles. The molecule has 0 unspecified atom stereocenters. The Labute approximate surface area is 153 Å². The van der Waals surface area contributed by atoms with Crippen molar-refractivity contribution < 1.29 is 18.7 Å². The lowest BCUT2D eigenvalue weighted by atomic mass is 10.1. The van der Waals surface area contributed by atoms with Crippen LogP contribution in [-0.4, -0.2) is 38.6 Å². The number of ether oxygens (including phenoxy) is 2. The molecule has 7 heteroatoms. The first-order valence-electron chi connectivity index (χ1n) is 8.09.